The Morgan fingerprint density at radius 3 is 2.43 bits per heavy atom. The van der Waals surface area contributed by atoms with Gasteiger partial charge in [-0.25, -0.2) is 4.39 Å². The molecule has 0 spiro atoms. The molecule has 0 bridgehead atoms. The summed E-state index contributed by atoms with van der Waals surface area (Å²) in [6.45, 7) is 6.90. The lowest BCUT2D eigenvalue weighted by Crippen LogP contribution is -2.58. The van der Waals surface area contributed by atoms with Crippen LogP contribution in [-0.4, -0.2) is 66.6 Å². The highest BCUT2D eigenvalue weighted by molar-refractivity contribution is 5.79. The summed E-state index contributed by atoms with van der Waals surface area (Å²) in [5.74, 6) is 0.549. The van der Waals surface area contributed by atoms with Crippen LogP contribution in [0.1, 0.15) is 46.0 Å². The van der Waals surface area contributed by atoms with Gasteiger partial charge in [-0.15, -0.1) is 0 Å². The average molecular weight is 421 g/mol. The van der Waals surface area contributed by atoms with Crippen molar-refractivity contribution in [2.75, 3.05) is 39.4 Å². The SMILES string of the molecule is CC(C)CC(=O)N1CCOC(COc2ccc(F)cc2)(CC(=O)N2CCCCC2)C1. The molecule has 0 saturated carbocycles. The van der Waals surface area contributed by atoms with Crippen LogP contribution in [0.5, 0.6) is 5.75 Å². The summed E-state index contributed by atoms with van der Waals surface area (Å²) < 4.78 is 25.2. The second-order valence-electron chi connectivity index (χ2n) is 8.81. The van der Waals surface area contributed by atoms with Gasteiger partial charge in [0.25, 0.3) is 0 Å². The van der Waals surface area contributed by atoms with E-state index in [-0.39, 0.29) is 36.6 Å². The monoisotopic (exact) mass is 420 g/mol. The van der Waals surface area contributed by atoms with Crippen LogP contribution in [0.15, 0.2) is 24.3 Å². The molecule has 30 heavy (non-hydrogen) atoms. The molecule has 1 aromatic carbocycles. The maximum absolute atomic E-state index is 13.2. The van der Waals surface area contributed by atoms with Crippen LogP contribution in [0.2, 0.25) is 0 Å². The van der Waals surface area contributed by atoms with Crippen LogP contribution in [0.25, 0.3) is 0 Å². The van der Waals surface area contributed by atoms with Crippen molar-refractivity contribution < 1.29 is 23.5 Å². The molecular weight excluding hydrogens is 387 g/mol. The summed E-state index contributed by atoms with van der Waals surface area (Å²) in [5, 5.41) is 0. The highest BCUT2D eigenvalue weighted by atomic mass is 19.1. The average Bonchev–Trinajstić information content (AvgIpc) is 2.74. The first-order valence-electron chi connectivity index (χ1n) is 10.9. The number of hydrogen-bond acceptors (Lipinski definition) is 4. The third kappa shape index (κ3) is 6.17. The second-order valence-corrected chi connectivity index (χ2v) is 8.81. The molecule has 2 heterocycles. The van der Waals surface area contributed by atoms with Crippen molar-refractivity contribution in [1.82, 2.24) is 9.80 Å². The molecule has 7 heteroatoms. The molecule has 2 aliphatic rings. The minimum Gasteiger partial charge on any atom is -0.490 e. The number of likely N-dealkylation sites (tertiary alicyclic amines) is 1. The van der Waals surface area contributed by atoms with Crippen LogP contribution >= 0.6 is 0 Å². The van der Waals surface area contributed by atoms with E-state index in [1.807, 2.05) is 18.7 Å². The van der Waals surface area contributed by atoms with Crippen molar-refractivity contribution in [2.45, 2.75) is 51.6 Å². The molecule has 2 saturated heterocycles. The molecule has 2 aliphatic heterocycles. The predicted octanol–water partition coefficient (Wildman–Crippen LogP) is 3.25. The van der Waals surface area contributed by atoms with Crippen LogP contribution in [0.3, 0.4) is 0 Å². The van der Waals surface area contributed by atoms with Crippen LogP contribution in [-0.2, 0) is 14.3 Å². The number of carbonyl (C=O) groups is 2. The van der Waals surface area contributed by atoms with Gasteiger partial charge in [-0.2, -0.15) is 0 Å². The number of rotatable bonds is 7. The van der Waals surface area contributed by atoms with Gasteiger partial charge >= 0.3 is 0 Å². The molecule has 1 aromatic rings. The van der Waals surface area contributed by atoms with Crippen molar-refractivity contribution in [3.63, 3.8) is 0 Å². The Balaban J connectivity index is 1.73. The van der Waals surface area contributed by atoms with E-state index in [4.69, 9.17) is 9.47 Å². The van der Waals surface area contributed by atoms with Gasteiger partial charge in [0.2, 0.25) is 11.8 Å². The Bertz CT molecular complexity index is 718. The molecule has 2 fully saturated rings. The van der Waals surface area contributed by atoms with Gasteiger partial charge in [0, 0.05) is 26.1 Å². The lowest BCUT2D eigenvalue weighted by molar-refractivity contribution is -0.166. The van der Waals surface area contributed by atoms with E-state index in [2.05, 4.69) is 0 Å². The number of benzene rings is 1. The fourth-order valence-electron chi connectivity index (χ4n) is 4.06. The van der Waals surface area contributed by atoms with Crippen molar-refractivity contribution in [2.24, 2.45) is 5.92 Å². The third-order valence-corrected chi connectivity index (χ3v) is 5.68. The minimum atomic E-state index is -0.909. The van der Waals surface area contributed by atoms with E-state index >= 15 is 0 Å². The van der Waals surface area contributed by atoms with Gasteiger partial charge in [-0.05, 0) is 49.4 Å². The van der Waals surface area contributed by atoms with Gasteiger partial charge in [0.15, 0.2) is 0 Å². The number of morpholine rings is 1. The van der Waals surface area contributed by atoms with E-state index < -0.39 is 5.60 Å². The molecule has 6 nitrogen and oxygen atoms in total. The first-order chi connectivity index (χ1) is 14.4. The molecule has 0 N–H and O–H groups in total. The third-order valence-electron chi connectivity index (χ3n) is 5.68. The molecule has 1 atom stereocenters. The molecule has 0 aromatic heterocycles. The lowest BCUT2D eigenvalue weighted by atomic mass is 9.95. The van der Waals surface area contributed by atoms with Crippen molar-refractivity contribution in [1.29, 1.82) is 0 Å². The summed E-state index contributed by atoms with van der Waals surface area (Å²) in [7, 11) is 0. The van der Waals surface area contributed by atoms with E-state index in [1.54, 1.807) is 17.0 Å². The summed E-state index contributed by atoms with van der Waals surface area (Å²) in [5.41, 5.74) is -0.909. The zero-order valence-electron chi connectivity index (χ0n) is 18.1. The summed E-state index contributed by atoms with van der Waals surface area (Å²) in [4.78, 5) is 29.4. The maximum Gasteiger partial charge on any atom is 0.225 e. The zero-order valence-corrected chi connectivity index (χ0v) is 18.1. The van der Waals surface area contributed by atoms with Gasteiger partial charge < -0.3 is 19.3 Å². The number of hydrogen-bond donors (Lipinski definition) is 0. The topological polar surface area (TPSA) is 59.1 Å². The Morgan fingerprint density at radius 2 is 1.77 bits per heavy atom. The largest absolute Gasteiger partial charge is 0.490 e. The van der Waals surface area contributed by atoms with Gasteiger partial charge in [0.05, 0.1) is 19.6 Å². The molecule has 166 valence electrons. The van der Waals surface area contributed by atoms with Crippen molar-refractivity contribution in [3.8, 4) is 5.75 Å². The highest BCUT2D eigenvalue weighted by Gasteiger charge is 2.42. The zero-order chi connectivity index (χ0) is 21.6. The Hall–Kier alpha value is -2.15. The summed E-state index contributed by atoms with van der Waals surface area (Å²) >= 11 is 0. The van der Waals surface area contributed by atoms with E-state index in [9.17, 15) is 14.0 Å². The second kappa shape index (κ2) is 10.2. The fourth-order valence-corrected chi connectivity index (χ4v) is 4.06. The van der Waals surface area contributed by atoms with E-state index in [0.29, 0.717) is 31.9 Å². The number of amides is 2. The minimum absolute atomic E-state index is 0.0376. The van der Waals surface area contributed by atoms with E-state index in [1.165, 1.54) is 12.1 Å². The quantitative estimate of drug-likeness (QED) is 0.680. The number of carbonyl (C=O) groups excluding carboxylic acids is 2. The standard InChI is InChI=1S/C23H33FN2O4/c1-18(2)14-21(27)26-12-13-30-23(16-26,15-22(28)25-10-4-3-5-11-25)17-29-20-8-6-19(24)7-9-20/h6-9,18H,3-5,10-17H2,1-2H3. The Kier molecular flexibility index (Phi) is 7.69. The van der Waals surface area contributed by atoms with Gasteiger partial charge in [0.1, 0.15) is 23.8 Å². The van der Waals surface area contributed by atoms with Crippen molar-refractivity contribution >= 4 is 11.8 Å². The van der Waals surface area contributed by atoms with E-state index in [0.717, 1.165) is 32.4 Å². The number of ether oxygens (including phenoxy) is 2. The molecule has 0 radical (unpaired) electrons. The first-order valence-corrected chi connectivity index (χ1v) is 10.9. The molecule has 0 aliphatic carbocycles. The molecule has 1 unspecified atom stereocenters. The number of nitrogens with zero attached hydrogens (tertiary/aromatic N) is 2. The van der Waals surface area contributed by atoms with Gasteiger partial charge in [-0.3, -0.25) is 9.59 Å². The number of piperidine rings is 1. The smallest absolute Gasteiger partial charge is 0.225 e. The Morgan fingerprint density at radius 1 is 1.07 bits per heavy atom. The molecule has 2 amide bonds. The summed E-state index contributed by atoms with van der Waals surface area (Å²) in [6, 6.07) is 5.78. The van der Waals surface area contributed by atoms with Gasteiger partial charge in [-0.1, -0.05) is 13.8 Å². The fraction of sp³-hybridized carbons (Fsp3) is 0.652. The Labute approximate surface area is 178 Å². The predicted molar refractivity (Wildman–Crippen MR) is 112 cm³/mol. The highest BCUT2D eigenvalue weighted by Crippen LogP contribution is 2.27. The van der Waals surface area contributed by atoms with Crippen LogP contribution in [0, 0.1) is 11.7 Å². The summed E-state index contributed by atoms with van der Waals surface area (Å²) in [6.07, 6.45) is 3.82. The van der Waals surface area contributed by atoms with Crippen LogP contribution < -0.4 is 4.74 Å². The van der Waals surface area contributed by atoms with Crippen molar-refractivity contribution in [3.05, 3.63) is 30.1 Å². The van der Waals surface area contributed by atoms with Crippen LogP contribution in [0.4, 0.5) is 4.39 Å². The maximum atomic E-state index is 13.2. The molecular formula is C23H33FN2O4. The first kappa shape index (κ1) is 22.5. The normalized spacial score (nSPS) is 22.3. The lowest BCUT2D eigenvalue weighted by Gasteiger charge is -2.43. The molecule has 3 rings (SSSR count). The number of halogens is 1.